The van der Waals surface area contributed by atoms with Crippen molar-refractivity contribution in [2.45, 2.75) is 51.9 Å². The second-order valence-electron chi connectivity index (χ2n) is 8.96. The van der Waals surface area contributed by atoms with Crippen molar-refractivity contribution in [2.24, 2.45) is 17.8 Å². The first kappa shape index (κ1) is 28.8. The zero-order valence-electron chi connectivity index (χ0n) is 21.0. The predicted octanol–water partition coefficient (Wildman–Crippen LogP) is 4.54. The molecular formula is C26H32O9S. The summed E-state index contributed by atoms with van der Waals surface area (Å²) in [6.45, 7) is 7.01. The zero-order chi connectivity index (χ0) is 26.9. The quantitative estimate of drug-likeness (QED) is 0.239. The first-order valence-corrected chi connectivity index (χ1v) is 13.3. The van der Waals surface area contributed by atoms with Crippen molar-refractivity contribution < 1.29 is 41.7 Å². The summed E-state index contributed by atoms with van der Waals surface area (Å²) in [5.41, 5.74) is 0.826. The van der Waals surface area contributed by atoms with Gasteiger partial charge in [0.2, 0.25) is 0 Å². The Labute approximate surface area is 211 Å². The number of ether oxygens (including phenoxy) is 4. The van der Waals surface area contributed by atoms with Crippen LogP contribution in [-0.4, -0.2) is 39.1 Å². The number of carbonyl (C=O) groups excluding carboxylic acids is 3. The Bertz CT molecular complexity index is 1120. The summed E-state index contributed by atoms with van der Waals surface area (Å²) < 4.78 is 44.1. The fourth-order valence-corrected chi connectivity index (χ4v) is 3.67. The number of benzene rings is 2. The number of hydrogen-bond donors (Lipinski definition) is 0. The Balaban J connectivity index is 1.96. The number of esters is 2. The highest BCUT2D eigenvalue weighted by Crippen LogP contribution is 2.22. The lowest BCUT2D eigenvalue weighted by Crippen LogP contribution is -2.35. The maximum Gasteiger partial charge on any atom is 0.516 e. The van der Waals surface area contributed by atoms with E-state index in [1.807, 2.05) is 30.3 Å². The van der Waals surface area contributed by atoms with Crippen molar-refractivity contribution in [3.63, 3.8) is 0 Å². The van der Waals surface area contributed by atoms with E-state index in [0.29, 0.717) is 0 Å². The molecule has 36 heavy (non-hydrogen) atoms. The lowest BCUT2D eigenvalue weighted by atomic mass is 9.92. The van der Waals surface area contributed by atoms with Gasteiger partial charge in [-0.3, -0.25) is 9.59 Å². The molecule has 0 bridgehead atoms. The minimum Gasteiger partial charge on any atom is -0.461 e. The van der Waals surface area contributed by atoms with Crippen molar-refractivity contribution in [1.82, 2.24) is 0 Å². The number of hydrogen-bond acceptors (Lipinski definition) is 9. The summed E-state index contributed by atoms with van der Waals surface area (Å²) >= 11 is 0. The Kier molecular flexibility index (Phi) is 10.5. The largest absolute Gasteiger partial charge is 0.516 e. The fourth-order valence-electron chi connectivity index (χ4n) is 3.04. The maximum absolute atomic E-state index is 12.9. The lowest BCUT2D eigenvalue weighted by molar-refractivity contribution is -0.185. The van der Waals surface area contributed by atoms with Crippen molar-refractivity contribution >= 4 is 27.9 Å². The standard InChI is InChI=1S/C26H32O9S/c1-17(2)22(15-23(27)32-16-19-9-7-6-8-10-19)24(28)34-25(18(3)4)35-26(29)33-20-11-13-21(14-12-20)36(5,30)31/h6-14,17-18,22,25H,15-16H2,1-5H3/t22-,25?/m0/s1. The first-order chi connectivity index (χ1) is 16.9. The number of carbonyl (C=O) groups is 3. The van der Waals surface area contributed by atoms with E-state index in [-0.39, 0.29) is 29.6 Å². The van der Waals surface area contributed by atoms with Crippen LogP contribution in [0.5, 0.6) is 5.75 Å². The van der Waals surface area contributed by atoms with E-state index in [0.717, 1.165) is 11.8 Å². The molecule has 0 aliphatic carbocycles. The first-order valence-electron chi connectivity index (χ1n) is 11.5. The SMILES string of the molecule is CC(C)C(OC(=O)Oc1ccc(S(C)(=O)=O)cc1)OC(=O)[C@@H](CC(=O)OCc1ccccc1)C(C)C. The van der Waals surface area contributed by atoms with Gasteiger partial charge >= 0.3 is 18.1 Å². The van der Waals surface area contributed by atoms with Gasteiger partial charge in [-0.1, -0.05) is 58.0 Å². The highest BCUT2D eigenvalue weighted by atomic mass is 32.2. The average molecular weight is 521 g/mol. The number of rotatable bonds is 11. The van der Waals surface area contributed by atoms with Gasteiger partial charge in [0.25, 0.3) is 6.29 Å². The normalized spacial score (nSPS) is 13.1. The molecule has 2 aromatic carbocycles. The fraction of sp³-hybridized carbons (Fsp3) is 0.423. The van der Waals surface area contributed by atoms with Crippen molar-refractivity contribution in [2.75, 3.05) is 6.26 Å². The zero-order valence-corrected chi connectivity index (χ0v) is 21.8. The second-order valence-corrected chi connectivity index (χ2v) is 11.0. The van der Waals surface area contributed by atoms with Gasteiger partial charge < -0.3 is 18.9 Å². The van der Waals surface area contributed by atoms with E-state index < -0.39 is 46.1 Å². The third kappa shape index (κ3) is 9.33. The van der Waals surface area contributed by atoms with Crippen LogP contribution in [0, 0.1) is 17.8 Å². The molecule has 10 heteroatoms. The van der Waals surface area contributed by atoms with Crippen LogP contribution in [0.15, 0.2) is 59.5 Å². The molecule has 2 rings (SSSR count). The highest BCUT2D eigenvalue weighted by Gasteiger charge is 2.32. The molecule has 0 amide bonds. The molecule has 0 saturated carbocycles. The summed E-state index contributed by atoms with van der Waals surface area (Å²) in [5, 5.41) is 0. The van der Waals surface area contributed by atoms with Gasteiger partial charge in [0.15, 0.2) is 9.84 Å². The van der Waals surface area contributed by atoms with Crippen LogP contribution in [0.4, 0.5) is 4.79 Å². The molecule has 1 unspecified atom stereocenters. The summed E-state index contributed by atoms with van der Waals surface area (Å²) in [5.74, 6) is -2.65. The monoisotopic (exact) mass is 520 g/mol. The van der Waals surface area contributed by atoms with E-state index >= 15 is 0 Å². The predicted molar refractivity (Wildman–Crippen MR) is 131 cm³/mol. The minimum atomic E-state index is -3.40. The van der Waals surface area contributed by atoms with E-state index in [2.05, 4.69) is 0 Å². The molecule has 0 fully saturated rings. The Morgan fingerprint density at radius 1 is 0.833 bits per heavy atom. The van der Waals surface area contributed by atoms with Crippen molar-refractivity contribution in [3.8, 4) is 5.75 Å². The van der Waals surface area contributed by atoms with Gasteiger partial charge in [0.05, 0.1) is 17.2 Å². The van der Waals surface area contributed by atoms with Crippen LogP contribution >= 0.6 is 0 Å². The van der Waals surface area contributed by atoms with Gasteiger partial charge in [0.1, 0.15) is 12.4 Å². The molecule has 9 nitrogen and oxygen atoms in total. The van der Waals surface area contributed by atoms with Crippen LogP contribution < -0.4 is 4.74 Å². The van der Waals surface area contributed by atoms with E-state index in [1.165, 1.54) is 24.3 Å². The Morgan fingerprint density at radius 2 is 1.44 bits per heavy atom. The van der Waals surface area contributed by atoms with Crippen LogP contribution in [0.1, 0.15) is 39.7 Å². The molecule has 2 atom stereocenters. The molecule has 2 aromatic rings. The van der Waals surface area contributed by atoms with Gasteiger partial charge in [-0.15, -0.1) is 0 Å². The molecule has 0 N–H and O–H groups in total. The molecule has 0 radical (unpaired) electrons. The summed E-state index contributed by atoms with van der Waals surface area (Å²) in [4.78, 5) is 37.5. The van der Waals surface area contributed by atoms with Gasteiger partial charge in [-0.05, 0) is 35.7 Å². The van der Waals surface area contributed by atoms with Gasteiger partial charge in [-0.25, -0.2) is 13.2 Å². The van der Waals surface area contributed by atoms with Crippen LogP contribution in [0.3, 0.4) is 0 Å². The molecular weight excluding hydrogens is 488 g/mol. The van der Waals surface area contributed by atoms with E-state index in [1.54, 1.807) is 27.7 Å². The molecule has 0 aliphatic rings. The Hall–Kier alpha value is -3.40. The average Bonchev–Trinajstić information content (AvgIpc) is 2.80. The van der Waals surface area contributed by atoms with Crippen molar-refractivity contribution in [3.05, 3.63) is 60.2 Å². The molecule has 0 aliphatic heterocycles. The third-order valence-corrected chi connectivity index (χ3v) is 6.31. The van der Waals surface area contributed by atoms with Gasteiger partial charge in [0, 0.05) is 12.2 Å². The van der Waals surface area contributed by atoms with Gasteiger partial charge in [-0.2, -0.15) is 0 Å². The topological polar surface area (TPSA) is 122 Å². The molecule has 0 heterocycles. The highest BCUT2D eigenvalue weighted by molar-refractivity contribution is 7.90. The second kappa shape index (κ2) is 13.1. The summed E-state index contributed by atoms with van der Waals surface area (Å²) in [6.07, 6.45) is -1.52. The molecule has 0 spiro atoms. The smallest absolute Gasteiger partial charge is 0.461 e. The minimum absolute atomic E-state index is 0.0578. The third-order valence-electron chi connectivity index (χ3n) is 5.18. The summed E-state index contributed by atoms with van der Waals surface area (Å²) in [6, 6.07) is 14.4. The molecule has 0 saturated heterocycles. The van der Waals surface area contributed by atoms with E-state index in [4.69, 9.17) is 18.9 Å². The van der Waals surface area contributed by atoms with E-state index in [9.17, 15) is 22.8 Å². The lowest BCUT2D eigenvalue weighted by Gasteiger charge is -2.25. The van der Waals surface area contributed by atoms with Crippen LogP contribution in [-0.2, 0) is 40.2 Å². The number of sulfone groups is 1. The Morgan fingerprint density at radius 3 is 1.97 bits per heavy atom. The summed E-state index contributed by atoms with van der Waals surface area (Å²) in [7, 11) is -3.40. The maximum atomic E-state index is 12.9. The molecule has 0 aromatic heterocycles. The van der Waals surface area contributed by atoms with Crippen LogP contribution in [0.25, 0.3) is 0 Å². The van der Waals surface area contributed by atoms with Crippen molar-refractivity contribution in [1.29, 1.82) is 0 Å². The van der Waals surface area contributed by atoms with Crippen LogP contribution in [0.2, 0.25) is 0 Å². The molecule has 196 valence electrons.